The summed E-state index contributed by atoms with van der Waals surface area (Å²) < 4.78 is 0. The van der Waals surface area contributed by atoms with Gasteiger partial charge in [0.1, 0.15) is 6.42 Å². The molecule has 0 aromatic heterocycles. The van der Waals surface area contributed by atoms with Crippen molar-refractivity contribution in [3.8, 4) is 0 Å². The van der Waals surface area contributed by atoms with Gasteiger partial charge in [-0.3, -0.25) is 9.59 Å². The van der Waals surface area contributed by atoms with Gasteiger partial charge in [0.2, 0.25) is 0 Å². The summed E-state index contributed by atoms with van der Waals surface area (Å²) in [7, 11) is 0. The number of hydrogen-bond donors (Lipinski definition) is 1. The maximum absolute atomic E-state index is 11.1. The number of ketones is 1. The molecule has 0 saturated heterocycles. The highest BCUT2D eigenvalue weighted by atomic mass is 16.4. The van der Waals surface area contributed by atoms with Crippen LogP contribution < -0.4 is 0 Å². The second kappa shape index (κ2) is 16.7. The summed E-state index contributed by atoms with van der Waals surface area (Å²) in [6.45, 7) is 2.25. The molecule has 0 rings (SSSR count). The minimum atomic E-state index is -1.09. The molecule has 0 aromatic carbocycles. The van der Waals surface area contributed by atoms with Crippen LogP contribution in [0.15, 0.2) is 36.5 Å². The second-order valence-electron chi connectivity index (χ2n) is 5.83. The molecule has 0 spiro atoms. The van der Waals surface area contributed by atoms with Crippen molar-refractivity contribution in [1.82, 2.24) is 0 Å². The average molecular weight is 320 g/mol. The van der Waals surface area contributed by atoms with Gasteiger partial charge in [0.25, 0.3) is 0 Å². The van der Waals surface area contributed by atoms with Crippen LogP contribution in [0.5, 0.6) is 0 Å². The lowest BCUT2D eigenvalue weighted by Crippen LogP contribution is -2.02. The Hall–Kier alpha value is -1.64. The van der Waals surface area contributed by atoms with E-state index in [9.17, 15) is 9.59 Å². The van der Waals surface area contributed by atoms with Crippen LogP contribution in [-0.4, -0.2) is 16.9 Å². The number of carbonyl (C=O) groups excluding carboxylic acids is 1. The zero-order valence-electron chi connectivity index (χ0n) is 14.5. The van der Waals surface area contributed by atoms with Gasteiger partial charge in [-0.25, -0.2) is 0 Å². The number of carboxylic acid groups (broad SMARTS) is 1. The highest BCUT2D eigenvalue weighted by Gasteiger charge is 2.01. The third kappa shape index (κ3) is 18.3. The van der Waals surface area contributed by atoms with Gasteiger partial charge in [0.15, 0.2) is 5.78 Å². The predicted octanol–water partition coefficient (Wildman–Crippen LogP) is 5.62. The van der Waals surface area contributed by atoms with Crippen LogP contribution in [-0.2, 0) is 9.59 Å². The number of hydrogen-bond acceptors (Lipinski definition) is 2. The first-order chi connectivity index (χ1) is 11.2. The largest absolute Gasteiger partial charge is 0.481 e. The molecule has 130 valence electrons. The predicted molar refractivity (Wildman–Crippen MR) is 96.5 cm³/mol. The summed E-state index contributed by atoms with van der Waals surface area (Å²) in [5.74, 6) is -1.48. The fraction of sp³-hybridized carbons (Fsp3) is 0.600. The van der Waals surface area contributed by atoms with Gasteiger partial charge in [-0.05, 0) is 18.9 Å². The number of allylic oxidation sites excluding steroid dienone is 6. The van der Waals surface area contributed by atoms with Crippen LogP contribution in [0.2, 0.25) is 0 Å². The Bertz CT molecular complexity index is 392. The number of carbonyl (C=O) groups is 2. The quantitative estimate of drug-likeness (QED) is 0.184. The molecule has 0 aliphatic heterocycles. The van der Waals surface area contributed by atoms with Crippen molar-refractivity contribution in [2.75, 3.05) is 0 Å². The van der Waals surface area contributed by atoms with E-state index in [-0.39, 0.29) is 5.78 Å². The first-order valence-electron chi connectivity index (χ1n) is 8.91. The van der Waals surface area contributed by atoms with E-state index < -0.39 is 12.4 Å². The summed E-state index contributed by atoms with van der Waals surface area (Å²) in [6.07, 6.45) is 23.3. The van der Waals surface area contributed by atoms with E-state index in [2.05, 4.69) is 13.0 Å². The normalized spacial score (nSPS) is 11.9. The Balaban J connectivity index is 3.43. The molecule has 0 radical (unpaired) electrons. The van der Waals surface area contributed by atoms with Crippen molar-refractivity contribution in [2.24, 2.45) is 0 Å². The molecule has 0 atom stereocenters. The van der Waals surface area contributed by atoms with Crippen LogP contribution in [0, 0.1) is 0 Å². The van der Waals surface area contributed by atoms with Crippen molar-refractivity contribution >= 4 is 11.8 Å². The molecule has 3 nitrogen and oxygen atoms in total. The third-order valence-corrected chi connectivity index (χ3v) is 3.55. The Morgan fingerprint density at radius 1 is 0.783 bits per heavy atom. The van der Waals surface area contributed by atoms with Crippen LogP contribution in [0.25, 0.3) is 0 Å². The lowest BCUT2D eigenvalue weighted by Gasteiger charge is -2.00. The third-order valence-electron chi connectivity index (χ3n) is 3.55. The van der Waals surface area contributed by atoms with Crippen LogP contribution in [0.1, 0.15) is 77.6 Å². The molecule has 0 fully saturated rings. The molecule has 0 amide bonds. The molecule has 0 bridgehead atoms. The number of rotatable bonds is 15. The van der Waals surface area contributed by atoms with E-state index in [0.29, 0.717) is 0 Å². The molecule has 0 aliphatic carbocycles. The standard InChI is InChI=1S/C20H32O3/c1-2-3-4-5-6-7-8-9-10-11-12-13-14-15-16-17-19(21)18-20(22)23/h12-17H,2-11,18H2,1H3,(H,22,23). The lowest BCUT2D eigenvalue weighted by atomic mass is 10.1. The molecule has 0 saturated carbocycles. The van der Waals surface area contributed by atoms with E-state index >= 15 is 0 Å². The Morgan fingerprint density at radius 3 is 1.96 bits per heavy atom. The van der Waals surface area contributed by atoms with E-state index in [0.717, 1.165) is 6.42 Å². The van der Waals surface area contributed by atoms with Gasteiger partial charge in [0.05, 0.1) is 0 Å². The van der Waals surface area contributed by atoms with Gasteiger partial charge in [-0.2, -0.15) is 0 Å². The zero-order valence-corrected chi connectivity index (χ0v) is 14.5. The fourth-order valence-corrected chi connectivity index (χ4v) is 2.25. The molecular weight excluding hydrogens is 288 g/mol. The molecule has 0 aliphatic rings. The Labute approximate surface area is 141 Å². The average Bonchev–Trinajstić information content (AvgIpc) is 2.50. The molecule has 0 heterocycles. The van der Waals surface area contributed by atoms with Crippen molar-refractivity contribution < 1.29 is 14.7 Å². The van der Waals surface area contributed by atoms with E-state index in [1.807, 2.05) is 12.2 Å². The van der Waals surface area contributed by atoms with Gasteiger partial charge < -0.3 is 5.11 Å². The maximum Gasteiger partial charge on any atom is 0.311 e. The van der Waals surface area contributed by atoms with Gasteiger partial charge in [-0.15, -0.1) is 0 Å². The first kappa shape index (κ1) is 21.4. The molecule has 3 heteroatoms. The molecular formula is C20H32O3. The number of aliphatic carboxylic acids is 1. The lowest BCUT2D eigenvalue weighted by molar-refractivity contribution is -0.139. The van der Waals surface area contributed by atoms with Crippen molar-refractivity contribution in [3.63, 3.8) is 0 Å². The Morgan fingerprint density at radius 2 is 1.35 bits per heavy atom. The number of carboxylic acids is 1. The smallest absolute Gasteiger partial charge is 0.311 e. The second-order valence-corrected chi connectivity index (χ2v) is 5.83. The molecule has 0 aromatic rings. The van der Waals surface area contributed by atoms with Crippen LogP contribution in [0.4, 0.5) is 0 Å². The summed E-state index contributed by atoms with van der Waals surface area (Å²) in [6, 6.07) is 0. The molecule has 0 unspecified atom stereocenters. The monoisotopic (exact) mass is 320 g/mol. The molecule has 1 N–H and O–H groups in total. The number of unbranched alkanes of at least 4 members (excludes halogenated alkanes) is 9. The van der Waals surface area contributed by atoms with E-state index in [1.54, 1.807) is 12.2 Å². The SMILES string of the molecule is CCCCCCCCCCCC=CC=CC=CC(=O)CC(=O)O. The summed E-state index contributed by atoms with van der Waals surface area (Å²) in [4.78, 5) is 21.4. The topological polar surface area (TPSA) is 54.4 Å². The minimum absolute atomic E-state index is 0.388. The maximum atomic E-state index is 11.1. The highest BCUT2D eigenvalue weighted by molar-refractivity contribution is 6.01. The first-order valence-corrected chi connectivity index (χ1v) is 8.91. The minimum Gasteiger partial charge on any atom is -0.481 e. The Kier molecular flexibility index (Phi) is 15.5. The highest BCUT2D eigenvalue weighted by Crippen LogP contribution is 2.10. The fourth-order valence-electron chi connectivity index (χ4n) is 2.25. The van der Waals surface area contributed by atoms with Crippen LogP contribution >= 0.6 is 0 Å². The summed E-state index contributed by atoms with van der Waals surface area (Å²) in [5, 5.41) is 8.43. The van der Waals surface area contributed by atoms with Crippen molar-refractivity contribution in [2.45, 2.75) is 77.6 Å². The van der Waals surface area contributed by atoms with Gasteiger partial charge in [-0.1, -0.05) is 88.7 Å². The van der Waals surface area contributed by atoms with Crippen molar-refractivity contribution in [1.29, 1.82) is 0 Å². The van der Waals surface area contributed by atoms with Crippen molar-refractivity contribution in [3.05, 3.63) is 36.5 Å². The van der Waals surface area contributed by atoms with Gasteiger partial charge in [0, 0.05) is 0 Å². The summed E-state index contributed by atoms with van der Waals surface area (Å²) in [5.41, 5.74) is 0. The van der Waals surface area contributed by atoms with E-state index in [1.165, 1.54) is 63.9 Å². The van der Waals surface area contributed by atoms with E-state index in [4.69, 9.17) is 5.11 Å². The molecule has 23 heavy (non-hydrogen) atoms. The van der Waals surface area contributed by atoms with Crippen LogP contribution in [0.3, 0.4) is 0 Å². The van der Waals surface area contributed by atoms with Gasteiger partial charge >= 0.3 is 5.97 Å². The summed E-state index contributed by atoms with van der Waals surface area (Å²) >= 11 is 0. The zero-order chi connectivity index (χ0) is 17.2.